The third kappa shape index (κ3) is 3.29. The van der Waals surface area contributed by atoms with Crippen LogP contribution in [0.1, 0.15) is 22.0 Å². The predicted molar refractivity (Wildman–Crippen MR) is 106 cm³/mol. The SMILES string of the molecule is Cc1cc(C)n2nc(C(=O)N3CC(N4CCN(c5ncccn5)CC4)C3)nc2n1. The number of fused-ring (bicyclic) bond motifs is 1. The van der Waals surface area contributed by atoms with Crippen molar-refractivity contribution in [3.05, 3.63) is 41.7 Å². The maximum Gasteiger partial charge on any atom is 0.293 e. The molecule has 5 rings (SSSR count). The molecule has 0 atom stereocenters. The molecule has 3 aromatic heterocycles. The minimum Gasteiger partial charge on any atom is -0.338 e. The van der Waals surface area contributed by atoms with Crippen LogP contribution in [0, 0.1) is 13.8 Å². The minimum absolute atomic E-state index is 0.125. The Morgan fingerprint density at radius 1 is 1.03 bits per heavy atom. The van der Waals surface area contributed by atoms with Gasteiger partial charge >= 0.3 is 0 Å². The molecule has 0 radical (unpaired) electrons. The number of piperazine rings is 1. The molecule has 0 bridgehead atoms. The summed E-state index contributed by atoms with van der Waals surface area (Å²) in [6, 6.07) is 4.14. The summed E-state index contributed by atoms with van der Waals surface area (Å²) in [5, 5.41) is 4.35. The van der Waals surface area contributed by atoms with Gasteiger partial charge in [0.25, 0.3) is 11.7 Å². The van der Waals surface area contributed by atoms with Gasteiger partial charge in [0.2, 0.25) is 11.8 Å². The molecule has 2 aliphatic rings. The molecule has 2 saturated heterocycles. The Balaban J connectivity index is 1.18. The Hall–Kier alpha value is -3.14. The first-order valence-electron chi connectivity index (χ1n) is 9.85. The smallest absolute Gasteiger partial charge is 0.293 e. The molecule has 10 nitrogen and oxygen atoms in total. The van der Waals surface area contributed by atoms with Gasteiger partial charge in [0.1, 0.15) is 0 Å². The van der Waals surface area contributed by atoms with E-state index < -0.39 is 0 Å². The van der Waals surface area contributed by atoms with Gasteiger partial charge in [-0.2, -0.15) is 4.98 Å². The van der Waals surface area contributed by atoms with Crippen molar-refractivity contribution in [2.75, 3.05) is 44.2 Å². The first-order valence-corrected chi connectivity index (χ1v) is 9.85. The highest BCUT2D eigenvalue weighted by atomic mass is 16.2. The van der Waals surface area contributed by atoms with Crippen molar-refractivity contribution < 1.29 is 4.79 Å². The summed E-state index contributed by atoms with van der Waals surface area (Å²) < 4.78 is 1.63. The summed E-state index contributed by atoms with van der Waals surface area (Å²) in [7, 11) is 0. The molecule has 0 saturated carbocycles. The Morgan fingerprint density at radius 2 is 1.76 bits per heavy atom. The molecule has 2 fully saturated rings. The van der Waals surface area contributed by atoms with Gasteiger partial charge in [0, 0.05) is 69.1 Å². The van der Waals surface area contributed by atoms with Crippen molar-refractivity contribution in [2.24, 2.45) is 0 Å². The minimum atomic E-state index is -0.125. The van der Waals surface area contributed by atoms with E-state index in [0.717, 1.165) is 43.5 Å². The van der Waals surface area contributed by atoms with Crippen LogP contribution in [0.5, 0.6) is 0 Å². The number of carbonyl (C=O) groups is 1. The Labute approximate surface area is 168 Å². The topological polar surface area (TPSA) is 95.7 Å². The van der Waals surface area contributed by atoms with Crippen LogP contribution in [-0.2, 0) is 0 Å². The molecule has 1 amide bonds. The molecule has 150 valence electrons. The maximum atomic E-state index is 12.8. The van der Waals surface area contributed by atoms with Gasteiger partial charge in [0.05, 0.1) is 0 Å². The second-order valence-corrected chi connectivity index (χ2v) is 7.62. The van der Waals surface area contributed by atoms with Gasteiger partial charge < -0.3 is 9.80 Å². The van der Waals surface area contributed by atoms with E-state index in [1.807, 2.05) is 30.9 Å². The molecule has 10 heteroatoms. The van der Waals surface area contributed by atoms with Crippen molar-refractivity contribution in [3.8, 4) is 0 Å². The molecule has 0 aliphatic carbocycles. The molecule has 0 unspecified atom stereocenters. The van der Waals surface area contributed by atoms with Gasteiger partial charge in [-0.3, -0.25) is 9.69 Å². The molecular weight excluding hydrogens is 370 g/mol. The van der Waals surface area contributed by atoms with Crippen molar-refractivity contribution in [1.29, 1.82) is 0 Å². The number of anilines is 1. The van der Waals surface area contributed by atoms with Crippen LogP contribution in [0.3, 0.4) is 0 Å². The summed E-state index contributed by atoms with van der Waals surface area (Å²) in [5.74, 6) is 1.35. The molecule has 0 spiro atoms. The summed E-state index contributed by atoms with van der Waals surface area (Å²) in [6.45, 7) is 8.94. The van der Waals surface area contributed by atoms with Crippen LogP contribution < -0.4 is 4.90 Å². The van der Waals surface area contributed by atoms with Crippen molar-refractivity contribution in [3.63, 3.8) is 0 Å². The van der Waals surface area contributed by atoms with Crippen LogP contribution in [0.4, 0.5) is 5.95 Å². The number of hydrogen-bond donors (Lipinski definition) is 0. The average Bonchev–Trinajstić information content (AvgIpc) is 3.12. The molecule has 5 heterocycles. The summed E-state index contributed by atoms with van der Waals surface area (Å²) in [4.78, 5) is 36.6. The van der Waals surface area contributed by atoms with E-state index in [0.29, 0.717) is 24.9 Å². The average molecular weight is 393 g/mol. The van der Waals surface area contributed by atoms with Crippen LogP contribution in [0.15, 0.2) is 24.5 Å². The summed E-state index contributed by atoms with van der Waals surface area (Å²) in [5.41, 5.74) is 1.78. The molecule has 0 N–H and O–H groups in total. The predicted octanol–water partition coefficient (Wildman–Crippen LogP) is 0.178. The number of aromatic nitrogens is 6. The fourth-order valence-corrected chi connectivity index (χ4v) is 3.99. The molecule has 2 aliphatic heterocycles. The molecule has 29 heavy (non-hydrogen) atoms. The highest BCUT2D eigenvalue weighted by molar-refractivity contribution is 5.91. The number of carbonyl (C=O) groups excluding carboxylic acids is 1. The fourth-order valence-electron chi connectivity index (χ4n) is 3.99. The van der Waals surface area contributed by atoms with Gasteiger partial charge in [-0.15, -0.1) is 5.10 Å². The lowest BCUT2D eigenvalue weighted by Crippen LogP contribution is -2.64. The van der Waals surface area contributed by atoms with Gasteiger partial charge in [-0.1, -0.05) is 0 Å². The van der Waals surface area contributed by atoms with Crippen molar-refractivity contribution in [2.45, 2.75) is 19.9 Å². The van der Waals surface area contributed by atoms with Crippen LogP contribution in [0.25, 0.3) is 5.78 Å². The van der Waals surface area contributed by atoms with E-state index in [1.165, 1.54) is 0 Å². The van der Waals surface area contributed by atoms with E-state index in [-0.39, 0.29) is 11.7 Å². The molecular formula is C19H23N9O. The third-order valence-corrected chi connectivity index (χ3v) is 5.62. The fraction of sp³-hybridized carbons (Fsp3) is 0.474. The lowest BCUT2D eigenvalue weighted by molar-refractivity contribution is 0.0237. The number of aryl methyl sites for hydroxylation is 2. The number of rotatable bonds is 3. The number of hydrogen-bond acceptors (Lipinski definition) is 8. The molecule has 3 aromatic rings. The van der Waals surface area contributed by atoms with E-state index >= 15 is 0 Å². The van der Waals surface area contributed by atoms with Crippen molar-refractivity contribution >= 4 is 17.6 Å². The van der Waals surface area contributed by atoms with Crippen LogP contribution >= 0.6 is 0 Å². The number of nitrogens with zero attached hydrogens (tertiary/aromatic N) is 9. The largest absolute Gasteiger partial charge is 0.338 e. The lowest BCUT2D eigenvalue weighted by Gasteiger charge is -2.47. The Bertz CT molecular complexity index is 1040. The zero-order valence-corrected chi connectivity index (χ0v) is 16.6. The third-order valence-electron chi connectivity index (χ3n) is 5.62. The first-order chi connectivity index (χ1) is 14.1. The first kappa shape index (κ1) is 17.9. The zero-order chi connectivity index (χ0) is 20.0. The zero-order valence-electron chi connectivity index (χ0n) is 16.6. The number of amides is 1. The quantitative estimate of drug-likeness (QED) is 0.622. The van der Waals surface area contributed by atoms with Crippen LogP contribution in [-0.4, -0.2) is 90.6 Å². The maximum absolute atomic E-state index is 12.8. The van der Waals surface area contributed by atoms with Gasteiger partial charge in [-0.25, -0.2) is 19.5 Å². The summed E-state index contributed by atoms with van der Waals surface area (Å²) >= 11 is 0. The number of likely N-dealkylation sites (tertiary alicyclic amines) is 1. The monoisotopic (exact) mass is 393 g/mol. The second-order valence-electron chi connectivity index (χ2n) is 7.62. The Morgan fingerprint density at radius 3 is 2.48 bits per heavy atom. The van der Waals surface area contributed by atoms with Gasteiger partial charge in [-0.05, 0) is 26.0 Å². The highest BCUT2D eigenvalue weighted by Crippen LogP contribution is 2.20. The second kappa shape index (κ2) is 7.03. The highest BCUT2D eigenvalue weighted by Gasteiger charge is 2.38. The van der Waals surface area contributed by atoms with Crippen LogP contribution in [0.2, 0.25) is 0 Å². The Kier molecular flexibility index (Phi) is 4.35. The normalized spacial score (nSPS) is 18.3. The van der Waals surface area contributed by atoms with E-state index in [4.69, 9.17) is 0 Å². The van der Waals surface area contributed by atoms with Crippen molar-refractivity contribution in [1.82, 2.24) is 39.3 Å². The summed E-state index contributed by atoms with van der Waals surface area (Å²) in [6.07, 6.45) is 3.55. The lowest BCUT2D eigenvalue weighted by atomic mass is 10.1. The van der Waals surface area contributed by atoms with E-state index in [1.54, 1.807) is 16.9 Å². The standard InChI is InChI=1S/C19H23N9O/c1-13-10-14(2)28-19(22-13)23-16(24-28)17(29)27-11-15(12-27)25-6-8-26(9-7-25)18-20-4-3-5-21-18/h3-5,10,15H,6-9,11-12H2,1-2H3. The van der Waals surface area contributed by atoms with E-state index in [9.17, 15) is 4.79 Å². The molecule has 0 aromatic carbocycles. The van der Waals surface area contributed by atoms with Gasteiger partial charge in [0.15, 0.2) is 0 Å². The van der Waals surface area contributed by atoms with E-state index in [2.05, 4.69) is 34.8 Å².